The number of carbonyl (C=O) groups excluding carboxylic acids is 1. The van der Waals surface area contributed by atoms with Crippen LogP contribution >= 0.6 is 0 Å². The zero-order chi connectivity index (χ0) is 20.5. The van der Waals surface area contributed by atoms with E-state index < -0.39 is 12.1 Å². The van der Waals surface area contributed by atoms with Crippen LogP contribution in [0.1, 0.15) is 42.2 Å². The summed E-state index contributed by atoms with van der Waals surface area (Å²) in [6.07, 6.45) is 0.442. The van der Waals surface area contributed by atoms with Crippen molar-refractivity contribution < 1.29 is 49.4 Å². The number of hydrogen-bond donors (Lipinski definition) is 3. The lowest BCUT2D eigenvalue weighted by molar-refractivity contribution is -0.414. The van der Waals surface area contributed by atoms with Gasteiger partial charge in [-0.05, 0) is 82.6 Å². The highest BCUT2D eigenvalue weighted by molar-refractivity contribution is 5.80. The van der Waals surface area contributed by atoms with Crippen molar-refractivity contribution in [2.75, 3.05) is 0 Å². The van der Waals surface area contributed by atoms with E-state index in [1.54, 1.807) is 6.92 Å². The van der Waals surface area contributed by atoms with Crippen molar-refractivity contribution in [3.63, 3.8) is 0 Å². The Labute approximate surface area is 193 Å². The molecule has 172 valence electrons. The van der Waals surface area contributed by atoms with Crippen molar-refractivity contribution in [2.24, 2.45) is 5.92 Å². The second-order valence-electron chi connectivity index (χ2n) is 5.50. The molecular weight excluding hydrogens is 372 g/mol. The minimum atomic E-state index is -0.917. The molecule has 0 aromatic heterocycles. The molecule has 0 radical (unpaired) electrons. The molecule has 0 aromatic rings. The summed E-state index contributed by atoms with van der Waals surface area (Å²) in [7, 11) is 0. The summed E-state index contributed by atoms with van der Waals surface area (Å²) in [6.45, 7) is 8.82. The minimum Gasteiger partial charge on any atom is -1.00 e. The molecule has 1 amide bonds. The Hall–Kier alpha value is -3.44. The molecule has 0 fully saturated rings. The molecule has 28 heavy (non-hydrogen) atoms. The summed E-state index contributed by atoms with van der Waals surface area (Å²) in [5.41, 5.74) is 36.1. The van der Waals surface area contributed by atoms with Crippen LogP contribution in [0.2, 0.25) is 0 Å². The van der Waals surface area contributed by atoms with Crippen molar-refractivity contribution in [1.82, 2.24) is 5.32 Å². The number of aliphatic hydroxyl groups is 1. The third-order valence-corrected chi connectivity index (χ3v) is 3.06. The van der Waals surface area contributed by atoms with Crippen molar-refractivity contribution in [3.05, 3.63) is 87.2 Å². The number of rotatable bonds is 5. The van der Waals surface area contributed by atoms with Crippen molar-refractivity contribution in [3.8, 4) is 0 Å². The zero-order valence-electron chi connectivity index (χ0n) is 16.0. The number of nitrogens with one attached hydrogen (secondary N) is 1. The van der Waals surface area contributed by atoms with Gasteiger partial charge in [-0.3, -0.25) is 4.79 Å². The molecule has 3 atom stereocenters. The van der Waals surface area contributed by atoms with Gasteiger partial charge in [0.2, 0.25) is 0 Å². The molecule has 0 heterocycles. The van der Waals surface area contributed by atoms with Gasteiger partial charge in [0.1, 0.15) is 0 Å². The Balaban J connectivity index is -0.0000000282. The first-order chi connectivity index (χ1) is 12.9. The Kier molecular flexibility index (Phi) is 16.3. The fourth-order valence-corrected chi connectivity index (χ4v) is 1.35. The monoisotopic (exact) mass is 422 g/mol. The summed E-state index contributed by atoms with van der Waals surface area (Å²) in [5, 5.41) is 12.7. The summed E-state index contributed by atoms with van der Waals surface area (Å²) >= 11 is 0. The maximum atomic E-state index is 11.9. The van der Waals surface area contributed by atoms with Crippen molar-refractivity contribution >= 4 is 5.91 Å². The van der Waals surface area contributed by atoms with Crippen LogP contribution in [0.5, 0.6) is 0 Å². The molecule has 0 rings (SSSR count). The standard InChI is InChI=1S/C23H20N2O2.ClH.15H2/c1-5-6-7-8-9-10-11-12-13-14-15-16-17-18-21(26)20(4)25-23(27)22(24)19(2)3;;;;;;;;;;;;;;;;/h18-22,26H,1,24H2,2-4H3,(H,25,27);16*1H/t20-,21-,22-;;;;;;;;;;;;;;;;/m0................/s1. The van der Waals surface area contributed by atoms with Crippen molar-refractivity contribution in [1.29, 1.82) is 0 Å². The van der Waals surface area contributed by atoms with Crippen LogP contribution in [0, 0.1) is 5.92 Å². The van der Waals surface area contributed by atoms with E-state index >= 15 is 0 Å². The highest BCUT2D eigenvalue weighted by Gasteiger charge is 2.24. The molecule has 5 N–H and O–H groups in total. The molecule has 0 bridgehead atoms. The number of carbonyl (C=O) groups is 1. The minimum absolute atomic E-state index is 0. The van der Waals surface area contributed by atoms with E-state index in [0.29, 0.717) is 0 Å². The second-order valence-corrected chi connectivity index (χ2v) is 5.50. The van der Waals surface area contributed by atoms with Gasteiger partial charge in [-0.2, -0.15) is 0 Å². The molecular formula is C23H51ClN2O2. The summed E-state index contributed by atoms with van der Waals surface area (Å²) in [6, 6.07) is -0.851. The maximum Gasteiger partial charge on any atom is 0.278 e. The Morgan fingerprint density at radius 3 is 1.82 bits per heavy atom. The van der Waals surface area contributed by atoms with Crippen molar-refractivity contribution in [2.45, 2.75) is 39.0 Å². The lowest BCUT2D eigenvalue weighted by atomic mass is 10.0. The van der Waals surface area contributed by atoms with Gasteiger partial charge in [-0.15, -0.1) is 0 Å². The summed E-state index contributed by atoms with van der Waals surface area (Å²) in [5.74, 6) is -0.0827. The zero-order valence-corrected chi connectivity index (χ0v) is 16.8. The molecule has 5 heteroatoms. The molecule has 0 aliphatic heterocycles. The van der Waals surface area contributed by atoms with Crippen LogP contribution in [0.15, 0.2) is 87.2 Å². The lowest BCUT2D eigenvalue weighted by Crippen LogP contribution is -3.00. The predicted molar refractivity (Wildman–Crippen MR) is 133 cm³/mol. The first kappa shape index (κ1) is 26.8. The van der Waals surface area contributed by atoms with Crippen LogP contribution < -0.4 is 23.5 Å². The van der Waals surface area contributed by atoms with Crippen LogP contribution in [0.4, 0.5) is 0 Å². The fourth-order valence-electron chi connectivity index (χ4n) is 1.35. The van der Waals surface area contributed by atoms with E-state index in [1.807, 2.05) is 13.8 Å². The van der Waals surface area contributed by atoms with Crippen LogP contribution in [0.25, 0.3) is 0 Å². The molecule has 0 aliphatic carbocycles. The molecule has 0 aromatic carbocycles. The van der Waals surface area contributed by atoms with Gasteiger partial charge in [0.25, 0.3) is 5.91 Å². The lowest BCUT2D eigenvalue weighted by Gasteiger charge is -2.19. The third kappa shape index (κ3) is 13.8. The Bertz CT molecular complexity index is 1080. The molecule has 0 aliphatic rings. The first-order valence-electron chi connectivity index (χ1n) is 8.07. The average molecular weight is 423 g/mol. The van der Waals surface area contributed by atoms with E-state index in [-0.39, 0.29) is 51.7 Å². The van der Waals surface area contributed by atoms with Gasteiger partial charge < -0.3 is 28.6 Å². The Morgan fingerprint density at radius 1 is 0.964 bits per heavy atom. The number of aliphatic hydroxyl groups excluding tert-OH is 1. The van der Waals surface area contributed by atoms with E-state index in [9.17, 15) is 9.90 Å². The topological polar surface area (TPSA) is 77.0 Å². The highest BCUT2D eigenvalue weighted by Crippen LogP contribution is 1.99. The summed E-state index contributed by atoms with van der Waals surface area (Å²) in [4.78, 5) is 11.9. The number of halogens is 1. The molecule has 0 spiro atoms. The van der Waals surface area contributed by atoms with Gasteiger partial charge in [0.15, 0.2) is 6.04 Å². The fraction of sp³-hybridized carbons (Fsp3) is 0.304. The van der Waals surface area contributed by atoms with Crippen LogP contribution in [0.3, 0.4) is 0 Å². The first-order valence-corrected chi connectivity index (χ1v) is 8.07. The predicted octanol–water partition coefficient (Wildman–Crippen LogP) is 2.01. The third-order valence-electron chi connectivity index (χ3n) is 3.06. The molecule has 0 unspecified atom stereocenters. The maximum absolute atomic E-state index is 11.9. The number of quaternary nitrogens is 1. The summed E-state index contributed by atoms with van der Waals surface area (Å²) < 4.78 is 0. The normalized spacial score (nSPS) is 10.5. The Morgan fingerprint density at radius 2 is 1.39 bits per heavy atom. The second kappa shape index (κ2) is 17.0. The van der Waals surface area contributed by atoms with Gasteiger partial charge in [0, 0.05) is 27.3 Å². The van der Waals surface area contributed by atoms with Crippen LogP contribution in [-0.2, 0) is 4.79 Å². The highest BCUT2D eigenvalue weighted by atomic mass is 35.5. The van der Waals surface area contributed by atoms with Gasteiger partial charge >= 0.3 is 0 Å². The van der Waals surface area contributed by atoms with E-state index in [2.05, 4.69) is 92.1 Å². The van der Waals surface area contributed by atoms with Crippen LogP contribution in [-0.4, -0.2) is 29.2 Å². The van der Waals surface area contributed by atoms with E-state index in [4.69, 9.17) is 0 Å². The van der Waals surface area contributed by atoms with Gasteiger partial charge in [-0.25, -0.2) is 0 Å². The smallest absolute Gasteiger partial charge is 0.278 e. The molecule has 0 saturated heterocycles. The molecule has 0 saturated carbocycles. The van der Waals surface area contributed by atoms with E-state index in [1.165, 1.54) is 6.08 Å². The van der Waals surface area contributed by atoms with Gasteiger partial charge in [-0.1, -0.05) is 25.3 Å². The van der Waals surface area contributed by atoms with E-state index in [0.717, 1.165) is 0 Å². The van der Waals surface area contributed by atoms with Gasteiger partial charge in [0.05, 0.1) is 12.1 Å². The average Bonchev–Trinajstić information content (AvgIpc) is 2.64. The largest absolute Gasteiger partial charge is 1.00 e. The quantitative estimate of drug-likeness (QED) is 0.592. The number of amides is 1. The number of hydrogen-bond acceptors (Lipinski definition) is 2. The molecule has 4 nitrogen and oxygen atoms in total. The SMILES string of the molecule is C=C=C=C=C=C=C=C=C=C=C=C=C=C=C[C@H](O)[C@H](C)NC(=O)[C@@H]([NH3+])C(C)C.[Cl-].[HH].[HH].[HH].[HH].[HH].[HH].[HH].[HH].[HH].[HH].[HH].[HH].[HH].[HH].[HH].